The largest absolute Gasteiger partial charge is 0.353 e. The molecule has 1 fully saturated rings. The van der Waals surface area contributed by atoms with Crippen molar-refractivity contribution in [3.8, 4) is 0 Å². The summed E-state index contributed by atoms with van der Waals surface area (Å²) < 4.78 is 2.10. The van der Waals surface area contributed by atoms with Gasteiger partial charge in [0.2, 0.25) is 5.91 Å². The van der Waals surface area contributed by atoms with Crippen LogP contribution >= 0.6 is 0 Å². The van der Waals surface area contributed by atoms with Gasteiger partial charge in [0.25, 0.3) is 0 Å². The molecule has 3 rings (SSSR count). The first-order valence-corrected chi connectivity index (χ1v) is 8.38. The Hall–Kier alpha value is -1.77. The number of carbonyl (C=O) groups is 1. The summed E-state index contributed by atoms with van der Waals surface area (Å²) in [5.41, 5.74) is 2.30. The number of nitrogens with one attached hydrogen (secondary N) is 1. The molecule has 1 aromatic heterocycles. The van der Waals surface area contributed by atoms with Crippen molar-refractivity contribution in [3.05, 3.63) is 36.0 Å². The van der Waals surface area contributed by atoms with Crippen molar-refractivity contribution in [3.63, 3.8) is 0 Å². The minimum atomic E-state index is 0.155. The first-order valence-electron chi connectivity index (χ1n) is 8.38. The number of nitrogens with zero attached hydrogens (tertiary/aromatic N) is 1. The number of hydrogen-bond donors (Lipinski definition) is 1. The van der Waals surface area contributed by atoms with Crippen LogP contribution in [0.25, 0.3) is 10.9 Å². The van der Waals surface area contributed by atoms with E-state index in [9.17, 15) is 4.79 Å². The summed E-state index contributed by atoms with van der Waals surface area (Å²) in [6, 6.07) is 8.61. The zero-order chi connectivity index (χ0) is 15.7. The number of hydrogen-bond acceptors (Lipinski definition) is 1. The van der Waals surface area contributed by atoms with Gasteiger partial charge in [0.15, 0.2) is 0 Å². The molecule has 2 aromatic rings. The fourth-order valence-electron chi connectivity index (χ4n) is 3.78. The molecule has 1 N–H and O–H groups in total. The summed E-state index contributed by atoms with van der Waals surface area (Å²) in [5, 5.41) is 4.46. The molecule has 118 valence electrons. The second-order valence-electron chi connectivity index (χ2n) is 6.90. The van der Waals surface area contributed by atoms with Gasteiger partial charge < -0.3 is 9.88 Å². The molecule has 3 unspecified atom stereocenters. The third kappa shape index (κ3) is 2.90. The van der Waals surface area contributed by atoms with Crippen LogP contribution in [0.4, 0.5) is 0 Å². The smallest absolute Gasteiger partial charge is 0.224 e. The highest BCUT2D eigenvalue weighted by Gasteiger charge is 2.28. The summed E-state index contributed by atoms with van der Waals surface area (Å²) in [6.07, 6.45) is 6.19. The van der Waals surface area contributed by atoms with Crippen molar-refractivity contribution < 1.29 is 4.79 Å². The molecule has 3 atom stereocenters. The standard InChI is InChI=1S/C19H26N2O/c1-13-7-6-9-17(14(13)2)20-19(22)11-15-12-21(3)18-10-5-4-8-16(15)18/h4-5,8,10,12-14,17H,6-7,9,11H2,1-3H3,(H,20,22). The Morgan fingerprint density at radius 3 is 2.86 bits per heavy atom. The number of amides is 1. The van der Waals surface area contributed by atoms with Crippen LogP contribution in [0.5, 0.6) is 0 Å². The number of para-hydroxylation sites is 1. The molecule has 22 heavy (non-hydrogen) atoms. The second kappa shape index (κ2) is 6.15. The molecule has 1 heterocycles. The third-order valence-corrected chi connectivity index (χ3v) is 5.38. The number of benzene rings is 1. The van der Waals surface area contributed by atoms with E-state index in [2.05, 4.69) is 42.1 Å². The Bertz CT molecular complexity index is 673. The topological polar surface area (TPSA) is 34.0 Å². The maximum absolute atomic E-state index is 12.5. The van der Waals surface area contributed by atoms with E-state index in [1.54, 1.807) is 0 Å². The van der Waals surface area contributed by atoms with Crippen molar-refractivity contribution in [2.45, 2.75) is 45.6 Å². The second-order valence-corrected chi connectivity index (χ2v) is 6.90. The lowest BCUT2D eigenvalue weighted by Gasteiger charge is -2.34. The van der Waals surface area contributed by atoms with E-state index in [1.807, 2.05) is 19.2 Å². The predicted octanol–water partition coefficient (Wildman–Crippen LogP) is 3.66. The predicted molar refractivity (Wildman–Crippen MR) is 90.7 cm³/mol. The average Bonchev–Trinajstić information content (AvgIpc) is 2.81. The number of carbonyl (C=O) groups excluding carboxylic acids is 1. The van der Waals surface area contributed by atoms with Gasteiger partial charge in [-0.05, 0) is 29.9 Å². The van der Waals surface area contributed by atoms with Crippen molar-refractivity contribution in [2.75, 3.05) is 0 Å². The number of aromatic nitrogens is 1. The van der Waals surface area contributed by atoms with E-state index in [0.29, 0.717) is 24.3 Å². The SMILES string of the molecule is CC1CCCC(NC(=O)Cc2cn(C)c3ccccc23)C1C. The van der Waals surface area contributed by atoms with Gasteiger partial charge in [-0.1, -0.05) is 44.9 Å². The molecule has 3 nitrogen and oxygen atoms in total. The first-order chi connectivity index (χ1) is 10.6. The Labute approximate surface area is 132 Å². The van der Waals surface area contributed by atoms with Crippen molar-refractivity contribution in [2.24, 2.45) is 18.9 Å². The van der Waals surface area contributed by atoms with Crippen molar-refractivity contribution in [1.82, 2.24) is 9.88 Å². The molecule has 0 aliphatic heterocycles. The monoisotopic (exact) mass is 298 g/mol. The summed E-state index contributed by atoms with van der Waals surface area (Å²) >= 11 is 0. The zero-order valence-corrected chi connectivity index (χ0v) is 13.8. The van der Waals surface area contributed by atoms with Crippen LogP contribution in [0, 0.1) is 11.8 Å². The fourth-order valence-corrected chi connectivity index (χ4v) is 3.78. The van der Waals surface area contributed by atoms with Gasteiger partial charge in [-0.15, -0.1) is 0 Å². The molecule has 1 amide bonds. The lowest BCUT2D eigenvalue weighted by molar-refractivity contribution is -0.121. The van der Waals surface area contributed by atoms with Crippen molar-refractivity contribution >= 4 is 16.8 Å². The number of fused-ring (bicyclic) bond motifs is 1. The molecule has 0 spiro atoms. The maximum Gasteiger partial charge on any atom is 0.224 e. The van der Waals surface area contributed by atoms with Gasteiger partial charge in [-0.25, -0.2) is 0 Å². The molecule has 3 heteroatoms. The van der Waals surface area contributed by atoms with Crippen LogP contribution in [-0.4, -0.2) is 16.5 Å². The highest BCUT2D eigenvalue weighted by Crippen LogP contribution is 2.29. The van der Waals surface area contributed by atoms with E-state index < -0.39 is 0 Å². The highest BCUT2D eigenvalue weighted by atomic mass is 16.1. The minimum absolute atomic E-state index is 0.155. The van der Waals surface area contributed by atoms with Gasteiger partial charge in [-0.2, -0.15) is 0 Å². The molecular formula is C19H26N2O. The van der Waals surface area contributed by atoms with E-state index in [-0.39, 0.29) is 5.91 Å². The van der Waals surface area contributed by atoms with Crippen LogP contribution in [0.15, 0.2) is 30.5 Å². The van der Waals surface area contributed by atoms with Crippen LogP contribution in [0.1, 0.15) is 38.7 Å². The third-order valence-electron chi connectivity index (χ3n) is 5.38. The summed E-state index contributed by atoms with van der Waals surface area (Å²) in [5.74, 6) is 1.43. The van der Waals surface area contributed by atoms with Gasteiger partial charge in [0.1, 0.15) is 0 Å². The summed E-state index contributed by atoms with van der Waals surface area (Å²) in [4.78, 5) is 12.5. The van der Waals surface area contributed by atoms with Crippen LogP contribution in [0.2, 0.25) is 0 Å². The Morgan fingerprint density at radius 2 is 2.05 bits per heavy atom. The lowest BCUT2D eigenvalue weighted by Crippen LogP contribution is -2.44. The molecule has 0 bridgehead atoms. The van der Waals surface area contributed by atoms with E-state index in [0.717, 1.165) is 12.0 Å². The minimum Gasteiger partial charge on any atom is -0.353 e. The summed E-state index contributed by atoms with van der Waals surface area (Å²) in [6.45, 7) is 4.57. The normalized spacial score (nSPS) is 25.3. The molecule has 0 radical (unpaired) electrons. The molecule has 1 aromatic carbocycles. The van der Waals surface area contributed by atoms with Gasteiger partial charge in [-0.3, -0.25) is 4.79 Å². The quantitative estimate of drug-likeness (QED) is 0.922. The van der Waals surface area contributed by atoms with E-state index in [1.165, 1.54) is 23.7 Å². The molecule has 1 saturated carbocycles. The van der Waals surface area contributed by atoms with Crippen LogP contribution in [-0.2, 0) is 18.3 Å². The fraction of sp³-hybridized carbons (Fsp3) is 0.526. The first kappa shape index (κ1) is 15.1. The molecule has 1 aliphatic rings. The lowest BCUT2D eigenvalue weighted by atomic mass is 9.78. The average molecular weight is 298 g/mol. The number of aryl methyl sites for hydroxylation is 1. The summed E-state index contributed by atoms with van der Waals surface area (Å²) in [7, 11) is 2.04. The Morgan fingerprint density at radius 1 is 1.27 bits per heavy atom. The van der Waals surface area contributed by atoms with E-state index in [4.69, 9.17) is 0 Å². The molecule has 1 aliphatic carbocycles. The van der Waals surface area contributed by atoms with Gasteiger partial charge in [0.05, 0.1) is 6.42 Å². The molecular weight excluding hydrogens is 272 g/mol. The Kier molecular flexibility index (Phi) is 4.23. The maximum atomic E-state index is 12.5. The van der Waals surface area contributed by atoms with Gasteiger partial charge >= 0.3 is 0 Å². The van der Waals surface area contributed by atoms with Crippen LogP contribution < -0.4 is 5.32 Å². The Balaban J connectivity index is 1.71. The van der Waals surface area contributed by atoms with Crippen molar-refractivity contribution in [1.29, 1.82) is 0 Å². The van der Waals surface area contributed by atoms with E-state index >= 15 is 0 Å². The van der Waals surface area contributed by atoms with Gasteiger partial charge in [0, 0.05) is 30.2 Å². The molecule has 0 saturated heterocycles. The zero-order valence-electron chi connectivity index (χ0n) is 13.8. The van der Waals surface area contributed by atoms with Crippen LogP contribution in [0.3, 0.4) is 0 Å². The number of rotatable bonds is 3. The highest BCUT2D eigenvalue weighted by molar-refractivity contribution is 5.89.